The smallest absolute Gasteiger partial charge is 0.401 e. The topological polar surface area (TPSA) is 93.7 Å². The average molecular weight is 391 g/mol. The van der Waals surface area contributed by atoms with E-state index in [1.165, 1.54) is 30.4 Å². The van der Waals surface area contributed by atoms with E-state index in [4.69, 9.17) is 16.0 Å². The lowest BCUT2D eigenvalue weighted by Crippen LogP contribution is -2.27. The summed E-state index contributed by atoms with van der Waals surface area (Å²) in [6.45, 7) is 0.0930. The van der Waals surface area contributed by atoms with Gasteiger partial charge in [0.15, 0.2) is 0 Å². The van der Waals surface area contributed by atoms with Crippen LogP contribution in [-0.4, -0.2) is 21.0 Å². The van der Waals surface area contributed by atoms with E-state index in [9.17, 15) is 19.7 Å². The van der Waals surface area contributed by atoms with Crippen LogP contribution >= 0.6 is 23.4 Å². The number of amides is 2. The van der Waals surface area contributed by atoms with Gasteiger partial charge < -0.3 is 4.42 Å². The number of imide groups is 1. The summed E-state index contributed by atoms with van der Waals surface area (Å²) in [4.78, 5) is 35.8. The Hall–Kier alpha value is -2.84. The zero-order valence-electron chi connectivity index (χ0n) is 13.1. The number of benzene rings is 1. The Labute approximate surface area is 157 Å². The van der Waals surface area contributed by atoms with Gasteiger partial charge in [0.2, 0.25) is 0 Å². The normalized spacial score (nSPS) is 16.2. The van der Waals surface area contributed by atoms with Crippen molar-refractivity contribution >= 4 is 46.5 Å². The number of halogens is 1. The fourth-order valence-corrected chi connectivity index (χ4v) is 3.19. The molecule has 3 rings (SSSR count). The van der Waals surface area contributed by atoms with Crippen molar-refractivity contribution in [1.29, 1.82) is 0 Å². The zero-order valence-corrected chi connectivity index (χ0v) is 14.7. The van der Waals surface area contributed by atoms with Crippen LogP contribution in [0.5, 0.6) is 0 Å². The SMILES string of the molecule is O=C1S/C(=C\C=C\c2ccc([N+](=O)[O-])o2)C(=O)N1Cc1ccccc1Cl. The lowest BCUT2D eigenvalue weighted by Gasteiger charge is -2.13. The van der Waals surface area contributed by atoms with Gasteiger partial charge in [-0.05, 0) is 41.6 Å². The van der Waals surface area contributed by atoms with E-state index in [-0.39, 0.29) is 28.3 Å². The number of hydrogen-bond acceptors (Lipinski definition) is 6. The molecule has 1 saturated heterocycles. The quantitative estimate of drug-likeness (QED) is 0.419. The number of nitro groups is 1. The molecule has 1 fully saturated rings. The Kier molecular flexibility index (Phi) is 5.24. The van der Waals surface area contributed by atoms with Crippen LogP contribution in [0.2, 0.25) is 5.02 Å². The van der Waals surface area contributed by atoms with Crippen LogP contribution in [0, 0.1) is 10.1 Å². The number of thioether (sulfide) groups is 1. The second-order valence-electron chi connectivity index (χ2n) is 5.17. The summed E-state index contributed by atoms with van der Waals surface area (Å²) in [5, 5.41) is 10.7. The Morgan fingerprint density at radius 1 is 1.23 bits per heavy atom. The highest BCUT2D eigenvalue weighted by Crippen LogP contribution is 2.32. The highest BCUT2D eigenvalue weighted by atomic mass is 35.5. The number of carbonyl (C=O) groups excluding carboxylic acids is 2. The molecule has 0 atom stereocenters. The van der Waals surface area contributed by atoms with Crippen molar-refractivity contribution in [3.8, 4) is 0 Å². The Balaban J connectivity index is 1.71. The van der Waals surface area contributed by atoms with Crippen LogP contribution in [0.25, 0.3) is 6.08 Å². The molecule has 1 aliphatic heterocycles. The van der Waals surface area contributed by atoms with Crippen LogP contribution in [-0.2, 0) is 11.3 Å². The van der Waals surface area contributed by atoms with Crippen molar-refractivity contribution in [3.63, 3.8) is 0 Å². The number of rotatable bonds is 5. The van der Waals surface area contributed by atoms with Gasteiger partial charge in [0.05, 0.1) is 17.5 Å². The molecule has 2 aromatic rings. The first-order chi connectivity index (χ1) is 12.5. The van der Waals surface area contributed by atoms with Gasteiger partial charge in [-0.1, -0.05) is 35.9 Å². The van der Waals surface area contributed by atoms with Gasteiger partial charge in [0.25, 0.3) is 11.1 Å². The first kappa shape index (κ1) is 18.0. The Morgan fingerprint density at radius 3 is 2.69 bits per heavy atom. The first-order valence-electron chi connectivity index (χ1n) is 7.35. The predicted octanol–water partition coefficient (Wildman–Crippen LogP) is 4.63. The van der Waals surface area contributed by atoms with Gasteiger partial charge in [-0.15, -0.1) is 0 Å². The number of hydrogen-bond donors (Lipinski definition) is 0. The second kappa shape index (κ2) is 7.59. The molecule has 0 aliphatic carbocycles. The molecule has 1 aliphatic rings. The molecule has 9 heteroatoms. The van der Waals surface area contributed by atoms with Crippen LogP contribution in [0.15, 0.2) is 57.9 Å². The third-order valence-corrected chi connectivity index (χ3v) is 4.75. The standard InChI is InChI=1S/C17H11ClN2O5S/c18-13-6-2-1-4-11(13)10-19-16(21)14(26-17(19)22)7-3-5-12-8-9-15(25-12)20(23)24/h1-9H,10H2/b5-3+,14-7-. The van der Waals surface area contributed by atoms with E-state index >= 15 is 0 Å². The van der Waals surface area contributed by atoms with Crippen molar-refractivity contribution in [2.24, 2.45) is 0 Å². The van der Waals surface area contributed by atoms with Gasteiger partial charge in [-0.25, -0.2) is 0 Å². The van der Waals surface area contributed by atoms with Crippen LogP contribution in [0.3, 0.4) is 0 Å². The summed E-state index contributed by atoms with van der Waals surface area (Å²) in [7, 11) is 0. The molecule has 0 spiro atoms. The second-order valence-corrected chi connectivity index (χ2v) is 6.57. The third-order valence-electron chi connectivity index (χ3n) is 3.46. The van der Waals surface area contributed by atoms with E-state index in [1.54, 1.807) is 24.3 Å². The zero-order chi connectivity index (χ0) is 18.7. The fraction of sp³-hybridized carbons (Fsp3) is 0.0588. The molecule has 132 valence electrons. The van der Waals surface area contributed by atoms with E-state index < -0.39 is 10.8 Å². The molecule has 0 unspecified atom stereocenters. The summed E-state index contributed by atoms with van der Waals surface area (Å²) >= 11 is 6.89. The van der Waals surface area contributed by atoms with E-state index in [1.807, 2.05) is 0 Å². The minimum Gasteiger partial charge on any atom is -0.401 e. The maximum absolute atomic E-state index is 12.4. The average Bonchev–Trinajstić information content (AvgIpc) is 3.17. The number of furan rings is 1. The molecule has 0 N–H and O–H groups in total. The monoisotopic (exact) mass is 390 g/mol. The molecule has 1 aromatic heterocycles. The van der Waals surface area contributed by atoms with Crippen molar-refractivity contribution < 1.29 is 18.9 Å². The molecule has 7 nitrogen and oxygen atoms in total. The van der Waals surface area contributed by atoms with E-state index in [0.717, 1.165) is 16.7 Å². The van der Waals surface area contributed by atoms with Crippen molar-refractivity contribution in [1.82, 2.24) is 4.90 Å². The van der Waals surface area contributed by atoms with Crippen molar-refractivity contribution in [2.75, 3.05) is 0 Å². The van der Waals surface area contributed by atoms with E-state index in [2.05, 4.69) is 0 Å². The lowest BCUT2D eigenvalue weighted by atomic mass is 10.2. The molecule has 0 saturated carbocycles. The number of allylic oxidation sites excluding steroid dienone is 2. The maximum Gasteiger partial charge on any atom is 0.433 e. The first-order valence-corrected chi connectivity index (χ1v) is 8.55. The molecule has 26 heavy (non-hydrogen) atoms. The molecule has 1 aromatic carbocycles. The predicted molar refractivity (Wildman–Crippen MR) is 97.5 cm³/mol. The lowest BCUT2D eigenvalue weighted by molar-refractivity contribution is -0.402. The Morgan fingerprint density at radius 2 is 2.00 bits per heavy atom. The summed E-state index contributed by atoms with van der Waals surface area (Å²) < 4.78 is 4.97. The van der Waals surface area contributed by atoms with Crippen molar-refractivity contribution in [2.45, 2.75) is 6.54 Å². The molecule has 0 radical (unpaired) electrons. The van der Waals surface area contributed by atoms with Gasteiger partial charge in [0, 0.05) is 5.02 Å². The summed E-state index contributed by atoms with van der Waals surface area (Å²) in [6.07, 6.45) is 4.43. The number of carbonyl (C=O) groups is 2. The summed E-state index contributed by atoms with van der Waals surface area (Å²) in [5.41, 5.74) is 0.677. The highest BCUT2D eigenvalue weighted by molar-refractivity contribution is 8.18. The van der Waals surface area contributed by atoms with Crippen LogP contribution in [0.1, 0.15) is 11.3 Å². The van der Waals surface area contributed by atoms with Gasteiger partial charge >= 0.3 is 5.88 Å². The largest absolute Gasteiger partial charge is 0.433 e. The Bertz CT molecular complexity index is 950. The minimum atomic E-state index is -0.641. The van der Waals surface area contributed by atoms with Crippen LogP contribution in [0.4, 0.5) is 10.7 Å². The molecule has 2 heterocycles. The highest BCUT2D eigenvalue weighted by Gasteiger charge is 2.34. The molecular weight excluding hydrogens is 380 g/mol. The van der Waals surface area contributed by atoms with Crippen LogP contribution < -0.4 is 0 Å². The van der Waals surface area contributed by atoms with Gasteiger partial charge in [-0.2, -0.15) is 0 Å². The molecule has 2 amide bonds. The maximum atomic E-state index is 12.4. The van der Waals surface area contributed by atoms with E-state index in [0.29, 0.717) is 10.6 Å². The minimum absolute atomic E-state index is 0.0930. The molecule has 0 bridgehead atoms. The summed E-state index contributed by atoms with van der Waals surface area (Å²) in [6, 6.07) is 9.66. The fourth-order valence-electron chi connectivity index (χ4n) is 2.21. The van der Waals surface area contributed by atoms with Gasteiger partial charge in [0.1, 0.15) is 10.7 Å². The molecular formula is C17H11ClN2O5S. The summed E-state index contributed by atoms with van der Waals surface area (Å²) in [5.74, 6) is -0.525. The third kappa shape index (κ3) is 3.87. The van der Waals surface area contributed by atoms with Crippen molar-refractivity contribution in [3.05, 3.63) is 79.9 Å². The van der Waals surface area contributed by atoms with Gasteiger partial charge in [-0.3, -0.25) is 24.6 Å². The number of nitrogens with zero attached hydrogens (tertiary/aromatic N) is 2.